The average Bonchev–Trinajstić information content (AvgIpc) is 3.02. The van der Waals surface area contributed by atoms with E-state index in [1.165, 1.54) is 16.8 Å². The van der Waals surface area contributed by atoms with Gasteiger partial charge in [0.05, 0.1) is 13.2 Å². The minimum atomic E-state index is -0.208. The number of carbonyl (C=O) groups is 1. The average molecular weight is 320 g/mol. The minimum Gasteiger partial charge on any atom is -0.379 e. The van der Waals surface area contributed by atoms with E-state index in [0.29, 0.717) is 17.7 Å². The fraction of sp³-hybridized carbons (Fsp3) is 0.688. The smallest absolute Gasteiger partial charge is 0.274 e. The van der Waals surface area contributed by atoms with Crippen LogP contribution in [0.1, 0.15) is 23.8 Å². The Kier molecular flexibility index (Phi) is 4.77. The van der Waals surface area contributed by atoms with Gasteiger partial charge in [-0.1, -0.05) is 13.3 Å². The van der Waals surface area contributed by atoms with E-state index < -0.39 is 0 Å². The summed E-state index contributed by atoms with van der Waals surface area (Å²) in [6.45, 7) is 7.05. The van der Waals surface area contributed by atoms with Crippen molar-refractivity contribution in [1.82, 2.24) is 19.6 Å². The zero-order valence-electron chi connectivity index (χ0n) is 13.8. The highest BCUT2D eigenvalue weighted by Crippen LogP contribution is 2.26. The van der Waals surface area contributed by atoms with Crippen molar-refractivity contribution in [1.29, 1.82) is 0 Å². The fourth-order valence-electron chi connectivity index (χ4n) is 3.52. The van der Waals surface area contributed by atoms with E-state index in [4.69, 9.17) is 4.74 Å². The zero-order valence-corrected chi connectivity index (χ0v) is 13.8. The third-order valence-corrected chi connectivity index (χ3v) is 4.91. The van der Waals surface area contributed by atoms with Gasteiger partial charge in [-0.2, -0.15) is 5.10 Å². The van der Waals surface area contributed by atoms with Crippen molar-refractivity contribution < 1.29 is 9.53 Å². The molecule has 2 saturated heterocycles. The number of nitrogens with zero attached hydrogens (tertiary/aromatic N) is 4. The highest BCUT2D eigenvalue weighted by Gasteiger charge is 2.38. The van der Waals surface area contributed by atoms with Gasteiger partial charge in [-0.25, -0.2) is 4.68 Å². The van der Waals surface area contributed by atoms with Gasteiger partial charge < -0.3 is 9.64 Å². The molecule has 23 heavy (non-hydrogen) atoms. The molecule has 7 nitrogen and oxygen atoms in total. The molecule has 0 spiro atoms. The van der Waals surface area contributed by atoms with Crippen LogP contribution in [0.4, 0.5) is 0 Å². The summed E-state index contributed by atoms with van der Waals surface area (Å²) < 4.78 is 6.64. The van der Waals surface area contributed by atoms with Gasteiger partial charge in [-0.15, -0.1) is 0 Å². The zero-order chi connectivity index (χ0) is 16.4. The van der Waals surface area contributed by atoms with E-state index in [9.17, 15) is 9.59 Å². The molecule has 1 amide bonds. The Labute approximate surface area is 135 Å². The van der Waals surface area contributed by atoms with Crippen LogP contribution in [0.2, 0.25) is 0 Å². The largest absolute Gasteiger partial charge is 0.379 e. The number of hydrogen-bond donors (Lipinski definition) is 0. The number of ether oxygens (including phenoxy) is 1. The molecule has 0 unspecified atom stereocenters. The van der Waals surface area contributed by atoms with Gasteiger partial charge in [0, 0.05) is 45.3 Å². The Bertz CT molecular complexity index is 624. The van der Waals surface area contributed by atoms with E-state index in [0.717, 1.165) is 45.8 Å². The van der Waals surface area contributed by atoms with Gasteiger partial charge in [0.2, 0.25) is 0 Å². The number of amides is 1. The standard InChI is InChI=1S/C16H24N4O3/c1-3-12-10-20(11-14(12)19-6-8-23-9-7-19)16(22)13-4-5-15(21)18(2)17-13/h4-5,12,14H,3,6-11H2,1-2H3/t12-,14+/m0/s1. The Morgan fingerprint density at radius 1 is 1.30 bits per heavy atom. The van der Waals surface area contributed by atoms with Crippen LogP contribution in [0.5, 0.6) is 0 Å². The highest BCUT2D eigenvalue weighted by molar-refractivity contribution is 5.92. The molecule has 2 aliphatic heterocycles. The summed E-state index contributed by atoms with van der Waals surface area (Å²) in [6.07, 6.45) is 1.05. The highest BCUT2D eigenvalue weighted by atomic mass is 16.5. The summed E-state index contributed by atoms with van der Waals surface area (Å²) in [6, 6.07) is 3.31. The van der Waals surface area contributed by atoms with Crippen LogP contribution in [0.15, 0.2) is 16.9 Å². The topological polar surface area (TPSA) is 67.7 Å². The van der Waals surface area contributed by atoms with Crippen molar-refractivity contribution in [3.8, 4) is 0 Å². The molecule has 7 heteroatoms. The van der Waals surface area contributed by atoms with Gasteiger partial charge in [0.25, 0.3) is 11.5 Å². The fourth-order valence-corrected chi connectivity index (χ4v) is 3.52. The van der Waals surface area contributed by atoms with Crippen molar-refractivity contribution in [2.75, 3.05) is 39.4 Å². The third-order valence-electron chi connectivity index (χ3n) is 4.91. The molecule has 1 aromatic rings. The lowest BCUT2D eigenvalue weighted by Gasteiger charge is -2.34. The van der Waals surface area contributed by atoms with Crippen molar-refractivity contribution in [3.63, 3.8) is 0 Å². The first-order valence-corrected chi connectivity index (χ1v) is 8.25. The van der Waals surface area contributed by atoms with E-state index in [1.807, 2.05) is 4.90 Å². The molecular formula is C16H24N4O3. The summed E-state index contributed by atoms with van der Waals surface area (Å²) in [5.41, 5.74) is 0.130. The maximum atomic E-state index is 12.7. The molecule has 0 radical (unpaired) electrons. The van der Waals surface area contributed by atoms with Gasteiger partial charge in [-0.05, 0) is 12.0 Å². The second-order valence-electron chi connectivity index (χ2n) is 6.27. The lowest BCUT2D eigenvalue weighted by molar-refractivity contribution is 0.0102. The van der Waals surface area contributed by atoms with Crippen molar-refractivity contribution in [2.45, 2.75) is 19.4 Å². The Hall–Kier alpha value is -1.73. The Balaban J connectivity index is 1.74. The van der Waals surface area contributed by atoms with Gasteiger partial charge in [-0.3, -0.25) is 14.5 Å². The first-order valence-electron chi connectivity index (χ1n) is 8.25. The second kappa shape index (κ2) is 6.80. The molecule has 2 aliphatic rings. The number of rotatable bonds is 3. The molecule has 0 aromatic carbocycles. The van der Waals surface area contributed by atoms with Gasteiger partial charge in [0.1, 0.15) is 5.69 Å². The van der Waals surface area contributed by atoms with E-state index >= 15 is 0 Å². The predicted molar refractivity (Wildman–Crippen MR) is 85.3 cm³/mol. The predicted octanol–water partition coefficient (Wildman–Crippen LogP) is -0.0369. The molecule has 1 aromatic heterocycles. The van der Waals surface area contributed by atoms with Crippen molar-refractivity contribution in [2.24, 2.45) is 13.0 Å². The van der Waals surface area contributed by atoms with Crippen LogP contribution in [0.3, 0.4) is 0 Å². The second-order valence-corrected chi connectivity index (χ2v) is 6.27. The van der Waals surface area contributed by atoms with Crippen LogP contribution >= 0.6 is 0 Å². The molecule has 3 rings (SSSR count). The van der Waals surface area contributed by atoms with E-state index in [-0.39, 0.29) is 11.5 Å². The van der Waals surface area contributed by atoms with Crippen LogP contribution in [0, 0.1) is 5.92 Å². The first-order chi connectivity index (χ1) is 11.1. The van der Waals surface area contributed by atoms with E-state index in [2.05, 4.69) is 16.9 Å². The summed E-state index contributed by atoms with van der Waals surface area (Å²) in [5.74, 6) is 0.388. The number of aromatic nitrogens is 2. The Morgan fingerprint density at radius 2 is 2.04 bits per heavy atom. The van der Waals surface area contributed by atoms with Crippen molar-refractivity contribution in [3.05, 3.63) is 28.2 Å². The number of carbonyl (C=O) groups excluding carboxylic acids is 1. The number of likely N-dealkylation sites (tertiary alicyclic amines) is 1. The van der Waals surface area contributed by atoms with Crippen LogP contribution in [-0.2, 0) is 11.8 Å². The SMILES string of the molecule is CC[C@H]1CN(C(=O)c2ccc(=O)n(C)n2)C[C@H]1N1CCOCC1. The Morgan fingerprint density at radius 3 is 2.70 bits per heavy atom. The monoisotopic (exact) mass is 320 g/mol. The summed E-state index contributed by atoms with van der Waals surface area (Å²) in [5, 5.41) is 4.09. The summed E-state index contributed by atoms with van der Waals surface area (Å²) >= 11 is 0. The maximum Gasteiger partial charge on any atom is 0.274 e. The molecule has 2 fully saturated rings. The molecule has 0 N–H and O–H groups in total. The molecule has 0 saturated carbocycles. The minimum absolute atomic E-state index is 0.0881. The number of hydrogen-bond acceptors (Lipinski definition) is 5. The van der Waals surface area contributed by atoms with Gasteiger partial charge >= 0.3 is 0 Å². The number of morpholine rings is 1. The van der Waals surface area contributed by atoms with Crippen LogP contribution in [-0.4, -0.2) is 70.9 Å². The maximum absolute atomic E-state index is 12.7. The molecule has 3 heterocycles. The molecule has 2 atom stereocenters. The quantitative estimate of drug-likeness (QED) is 0.782. The molecule has 0 aliphatic carbocycles. The van der Waals surface area contributed by atoms with Crippen LogP contribution in [0.25, 0.3) is 0 Å². The lowest BCUT2D eigenvalue weighted by atomic mass is 9.99. The lowest BCUT2D eigenvalue weighted by Crippen LogP contribution is -2.47. The summed E-state index contributed by atoms with van der Waals surface area (Å²) in [7, 11) is 1.56. The summed E-state index contributed by atoms with van der Waals surface area (Å²) in [4.78, 5) is 28.5. The molecule has 0 bridgehead atoms. The van der Waals surface area contributed by atoms with Crippen LogP contribution < -0.4 is 5.56 Å². The normalized spacial score (nSPS) is 25.7. The number of aryl methyl sites for hydroxylation is 1. The molecule has 126 valence electrons. The van der Waals surface area contributed by atoms with Crippen molar-refractivity contribution >= 4 is 5.91 Å². The van der Waals surface area contributed by atoms with Gasteiger partial charge in [0.15, 0.2) is 0 Å². The third kappa shape index (κ3) is 3.30. The molecular weight excluding hydrogens is 296 g/mol. The van der Waals surface area contributed by atoms with E-state index in [1.54, 1.807) is 7.05 Å². The first kappa shape index (κ1) is 16.1.